The van der Waals surface area contributed by atoms with Crippen molar-refractivity contribution in [1.29, 1.82) is 0 Å². The van der Waals surface area contributed by atoms with E-state index in [0.717, 1.165) is 38.3 Å². The first-order valence-electron chi connectivity index (χ1n) is 5.48. The summed E-state index contributed by atoms with van der Waals surface area (Å²) in [5.74, 6) is 0.653. The summed E-state index contributed by atoms with van der Waals surface area (Å²) in [6, 6.07) is 1.76. The molecule has 0 radical (unpaired) electrons. The van der Waals surface area contributed by atoms with Crippen molar-refractivity contribution in [2.75, 3.05) is 30.8 Å². The number of nitrogens with one attached hydrogen (secondary N) is 1. The molecule has 5 heteroatoms. The van der Waals surface area contributed by atoms with Gasteiger partial charge < -0.3 is 15.8 Å². The van der Waals surface area contributed by atoms with Gasteiger partial charge in [0.1, 0.15) is 5.15 Å². The maximum Gasteiger partial charge on any atom is 0.131 e. The van der Waals surface area contributed by atoms with Gasteiger partial charge in [0.25, 0.3) is 0 Å². The molecule has 0 spiro atoms. The molecular weight excluding hydrogens is 226 g/mol. The topological polar surface area (TPSA) is 60.2 Å². The van der Waals surface area contributed by atoms with Gasteiger partial charge in [-0.2, -0.15) is 0 Å². The van der Waals surface area contributed by atoms with Gasteiger partial charge in [-0.25, -0.2) is 4.98 Å². The minimum absolute atomic E-state index is 0.462. The zero-order valence-electron chi connectivity index (χ0n) is 9.08. The Morgan fingerprint density at radius 1 is 1.50 bits per heavy atom. The van der Waals surface area contributed by atoms with Gasteiger partial charge in [-0.05, 0) is 18.8 Å². The fraction of sp³-hybridized carbons (Fsp3) is 0.545. The van der Waals surface area contributed by atoms with Gasteiger partial charge in [0.2, 0.25) is 0 Å². The van der Waals surface area contributed by atoms with E-state index >= 15 is 0 Å². The zero-order valence-corrected chi connectivity index (χ0v) is 9.83. The van der Waals surface area contributed by atoms with E-state index in [0.29, 0.717) is 16.8 Å². The number of ether oxygens (including phenoxy) is 1. The summed E-state index contributed by atoms with van der Waals surface area (Å²) in [5, 5.41) is 3.78. The maximum atomic E-state index is 5.81. The summed E-state index contributed by atoms with van der Waals surface area (Å²) in [4.78, 5) is 3.91. The van der Waals surface area contributed by atoms with Gasteiger partial charge >= 0.3 is 0 Å². The number of nitrogens with two attached hydrogens (primary N) is 1. The van der Waals surface area contributed by atoms with Crippen LogP contribution in [0.5, 0.6) is 0 Å². The van der Waals surface area contributed by atoms with Gasteiger partial charge in [-0.15, -0.1) is 0 Å². The first-order valence-corrected chi connectivity index (χ1v) is 5.86. The Labute approximate surface area is 100 Å². The Hall–Kier alpha value is -1.00. The largest absolute Gasteiger partial charge is 0.396 e. The number of pyridine rings is 1. The smallest absolute Gasteiger partial charge is 0.131 e. The second-order valence-corrected chi connectivity index (χ2v) is 4.42. The zero-order chi connectivity index (χ0) is 11.4. The number of rotatable bonds is 3. The Balaban J connectivity index is 1.90. The minimum atomic E-state index is 0.462. The first-order chi connectivity index (χ1) is 7.75. The van der Waals surface area contributed by atoms with E-state index in [1.165, 1.54) is 0 Å². The SMILES string of the molecule is Nc1cnc(Cl)cc1NCC1CCOCC1. The van der Waals surface area contributed by atoms with Crippen LogP contribution < -0.4 is 11.1 Å². The van der Waals surface area contributed by atoms with Gasteiger partial charge in [0.05, 0.1) is 17.6 Å². The van der Waals surface area contributed by atoms with Crippen LogP contribution in [-0.4, -0.2) is 24.7 Å². The molecule has 3 N–H and O–H groups in total. The lowest BCUT2D eigenvalue weighted by molar-refractivity contribution is 0.0699. The van der Waals surface area contributed by atoms with E-state index in [4.69, 9.17) is 22.1 Å². The molecule has 1 aliphatic heterocycles. The van der Waals surface area contributed by atoms with E-state index in [9.17, 15) is 0 Å². The highest BCUT2D eigenvalue weighted by Gasteiger charge is 2.13. The molecule has 0 aromatic carbocycles. The molecule has 88 valence electrons. The quantitative estimate of drug-likeness (QED) is 0.797. The third kappa shape index (κ3) is 3.00. The highest BCUT2D eigenvalue weighted by atomic mass is 35.5. The maximum absolute atomic E-state index is 5.81. The fourth-order valence-corrected chi connectivity index (χ4v) is 1.96. The Morgan fingerprint density at radius 3 is 3.00 bits per heavy atom. The second-order valence-electron chi connectivity index (χ2n) is 4.03. The standard InChI is InChI=1S/C11H16ClN3O/c12-11-5-10(9(13)7-15-11)14-6-8-1-3-16-4-2-8/h5,7-8H,1-4,6,13H2,(H,14,15). The molecule has 0 bridgehead atoms. The number of aromatic nitrogens is 1. The van der Waals surface area contributed by atoms with E-state index in [-0.39, 0.29) is 0 Å². The number of nitrogens with zero attached hydrogens (tertiary/aromatic N) is 1. The normalized spacial score (nSPS) is 17.3. The lowest BCUT2D eigenvalue weighted by atomic mass is 10.0. The molecule has 2 rings (SSSR count). The first kappa shape index (κ1) is 11.5. The molecule has 0 aliphatic carbocycles. The van der Waals surface area contributed by atoms with Crippen LogP contribution in [0.1, 0.15) is 12.8 Å². The molecule has 0 saturated carbocycles. The molecule has 0 amide bonds. The number of hydrogen-bond donors (Lipinski definition) is 2. The Kier molecular flexibility index (Phi) is 3.85. The van der Waals surface area contributed by atoms with Crippen LogP contribution in [0.4, 0.5) is 11.4 Å². The number of halogens is 1. The predicted octanol–water partition coefficient (Wildman–Crippen LogP) is 2.16. The molecule has 0 atom stereocenters. The van der Waals surface area contributed by atoms with Crippen molar-refractivity contribution in [3.05, 3.63) is 17.4 Å². The van der Waals surface area contributed by atoms with Gasteiger partial charge in [0.15, 0.2) is 0 Å². The summed E-state index contributed by atoms with van der Waals surface area (Å²) in [7, 11) is 0. The Bertz CT molecular complexity index is 353. The molecule has 1 saturated heterocycles. The lowest BCUT2D eigenvalue weighted by Gasteiger charge is -2.23. The van der Waals surface area contributed by atoms with Crippen LogP contribution in [0.2, 0.25) is 5.15 Å². The van der Waals surface area contributed by atoms with Crippen molar-refractivity contribution in [3.63, 3.8) is 0 Å². The van der Waals surface area contributed by atoms with E-state index in [1.807, 2.05) is 0 Å². The molecule has 0 unspecified atom stereocenters. The monoisotopic (exact) mass is 241 g/mol. The van der Waals surface area contributed by atoms with Gasteiger partial charge in [-0.3, -0.25) is 0 Å². The molecular formula is C11H16ClN3O. The van der Waals surface area contributed by atoms with Crippen LogP contribution in [0.15, 0.2) is 12.3 Å². The molecule has 2 heterocycles. The van der Waals surface area contributed by atoms with E-state index in [1.54, 1.807) is 12.3 Å². The van der Waals surface area contributed by atoms with Crippen LogP contribution >= 0.6 is 11.6 Å². The third-order valence-corrected chi connectivity index (χ3v) is 3.03. The lowest BCUT2D eigenvalue weighted by Crippen LogP contribution is -2.22. The summed E-state index contributed by atoms with van der Waals surface area (Å²) >= 11 is 5.81. The number of hydrogen-bond acceptors (Lipinski definition) is 4. The Morgan fingerprint density at radius 2 is 2.25 bits per heavy atom. The molecule has 1 aromatic heterocycles. The van der Waals surface area contributed by atoms with Gasteiger partial charge in [0, 0.05) is 25.8 Å². The summed E-state index contributed by atoms with van der Waals surface area (Å²) in [6.07, 6.45) is 3.78. The van der Waals surface area contributed by atoms with Gasteiger partial charge in [-0.1, -0.05) is 11.6 Å². The molecule has 16 heavy (non-hydrogen) atoms. The van der Waals surface area contributed by atoms with Crippen LogP contribution in [0.3, 0.4) is 0 Å². The minimum Gasteiger partial charge on any atom is -0.396 e. The predicted molar refractivity (Wildman–Crippen MR) is 65.7 cm³/mol. The molecule has 1 fully saturated rings. The summed E-state index contributed by atoms with van der Waals surface area (Å²) in [5.41, 5.74) is 7.30. The second kappa shape index (κ2) is 5.37. The van der Waals surface area contributed by atoms with Crippen molar-refractivity contribution in [1.82, 2.24) is 4.98 Å². The number of anilines is 2. The molecule has 1 aromatic rings. The summed E-state index contributed by atoms with van der Waals surface area (Å²) < 4.78 is 5.31. The molecule has 1 aliphatic rings. The van der Waals surface area contributed by atoms with Crippen LogP contribution in [-0.2, 0) is 4.74 Å². The van der Waals surface area contributed by atoms with Crippen molar-refractivity contribution in [2.24, 2.45) is 5.92 Å². The number of nitrogen functional groups attached to an aromatic ring is 1. The average molecular weight is 242 g/mol. The van der Waals surface area contributed by atoms with Crippen LogP contribution in [0, 0.1) is 5.92 Å². The van der Waals surface area contributed by atoms with E-state index < -0.39 is 0 Å². The van der Waals surface area contributed by atoms with Crippen molar-refractivity contribution >= 4 is 23.0 Å². The fourth-order valence-electron chi connectivity index (χ4n) is 1.80. The van der Waals surface area contributed by atoms with Crippen molar-refractivity contribution in [2.45, 2.75) is 12.8 Å². The summed E-state index contributed by atoms with van der Waals surface area (Å²) in [6.45, 7) is 2.63. The third-order valence-electron chi connectivity index (χ3n) is 2.82. The average Bonchev–Trinajstić information content (AvgIpc) is 2.32. The highest BCUT2D eigenvalue weighted by Crippen LogP contribution is 2.22. The van der Waals surface area contributed by atoms with E-state index in [2.05, 4.69) is 10.3 Å². The van der Waals surface area contributed by atoms with Crippen molar-refractivity contribution < 1.29 is 4.74 Å². The van der Waals surface area contributed by atoms with Crippen molar-refractivity contribution in [3.8, 4) is 0 Å². The highest BCUT2D eigenvalue weighted by molar-refractivity contribution is 6.29. The molecule has 4 nitrogen and oxygen atoms in total. The van der Waals surface area contributed by atoms with Crippen LogP contribution in [0.25, 0.3) is 0 Å².